The van der Waals surface area contributed by atoms with Gasteiger partial charge >= 0.3 is 0 Å². The molecule has 0 spiro atoms. The molecule has 2 aromatic carbocycles. The van der Waals surface area contributed by atoms with Gasteiger partial charge in [-0.15, -0.1) is 0 Å². The van der Waals surface area contributed by atoms with Gasteiger partial charge < -0.3 is 15.0 Å². The minimum atomic E-state index is -0.267. The monoisotopic (exact) mass is 348 g/mol. The van der Waals surface area contributed by atoms with Crippen molar-refractivity contribution in [2.45, 2.75) is 19.9 Å². The van der Waals surface area contributed by atoms with E-state index < -0.39 is 0 Å². The van der Waals surface area contributed by atoms with Crippen molar-refractivity contribution in [2.75, 3.05) is 6.61 Å². The van der Waals surface area contributed by atoms with Crippen molar-refractivity contribution in [3.05, 3.63) is 59.9 Å². The van der Waals surface area contributed by atoms with E-state index in [1.807, 2.05) is 44.2 Å². The molecule has 1 heterocycles. The fraction of sp³-hybridized carbons (Fsp3) is 0.250. The number of ether oxygens (including phenoxy) is 1. The largest absolute Gasteiger partial charge is 0.482 e. The average molecular weight is 348 g/mol. The van der Waals surface area contributed by atoms with Crippen molar-refractivity contribution in [3.63, 3.8) is 0 Å². The average Bonchev–Trinajstić information content (AvgIpc) is 3.08. The van der Waals surface area contributed by atoms with Gasteiger partial charge in [0.1, 0.15) is 17.6 Å². The molecule has 3 rings (SSSR count). The van der Waals surface area contributed by atoms with E-state index in [1.165, 1.54) is 0 Å². The quantitative estimate of drug-likeness (QED) is 0.715. The summed E-state index contributed by atoms with van der Waals surface area (Å²) >= 11 is 0. The molecule has 26 heavy (non-hydrogen) atoms. The van der Waals surface area contributed by atoms with E-state index in [9.17, 15) is 4.79 Å². The number of carbonyl (C=O) groups excluding carboxylic acids is 1. The predicted molar refractivity (Wildman–Crippen MR) is 98.5 cm³/mol. The summed E-state index contributed by atoms with van der Waals surface area (Å²) in [5.41, 5.74) is 2.20. The number of aromatic nitrogens is 2. The first-order chi connectivity index (χ1) is 12.6. The second-order valence-electron chi connectivity index (χ2n) is 6.33. The molecule has 0 bridgehead atoms. The first kappa shape index (κ1) is 17.5. The van der Waals surface area contributed by atoms with Crippen LogP contribution in [0.25, 0.3) is 11.0 Å². The topological polar surface area (TPSA) is 90.8 Å². The lowest BCUT2D eigenvalue weighted by Crippen LogP contribution is -2.35. The molecule has 6 nitrogen and oxygen atoms in total. The Hall–Kier alpha value is -3.33. The molecule has 132 valence electrons. The molecule has 0 fully saturated rings. The van der Waals surface area contributed by atoms with Crippen molar-refractivity contribution in [3.8, 4) is 11.8 Å². The minimum absolute atomic E-state index is 0.144. The van der Waals surface area contributed by atoms with Crippen LogP contribution in [-0.4, -0.2) is 22.5 Å². The standard InChI is InChI=1S/C20H20N4O2/c1-13(2)19(20-22-15-8-4-5-9-16(15)23-20)24-18(25)12-26-17-10-6-3-7-14(17)11-21/h3-10,13,19H,12H2,1-2H3,(H,22,23)(H,24,25). The van der Waals surface area contributed by atoms with E-state index >= 15 is 0 Å². The van der Waals surface area contributed by atoms with Gasteiger partial charge in [-0.25, -0.2) is 4.98 Å². The molecular weight excluding hydrogens is 328 g/mol. The summed E-state index contributed by atoms with van der Waals surface area (Å²) in [6, 6.07) is 16.4. The van der Waals surface area contributed by atoms with Gasteiger partial charge in [0.25, 0.3) is 5.91 Å². The van der Waals surface area contributed by atoms with Gasteiger partial charge in [-0.2, -0.15) is 5.26 Å². The van der Waals surface area contributed by atoms with Gasteiger partial charge in [-0.1, -0.05) is 38.1 Å². The van der Waals surface area contributed by atoms with Crippen molar-refractivity contribution in [1.82, 2.24) is 15.3 Å². The SMILES string of the molecule is CC(C)C(NC(=O)COc1ccccc1C#N)c1nc2ccccc2[nH]1. The maximum atomic E-state index is 12.4. The number of para-hydroxylation sites is 3. The van der Waals surface area contributed by atoms with Crippen molar-refractivity contribution < 1.29 is 9.53 Å². The zero-order valence-corrected chi connectivity index (χ0v) is 14.7. The van der Waals surface area contributed by atoms with Crippen LogP contribution in [0.2, 0.25) is 0 Å². The number of nitrogens with one attached hydrogen (secondary N) is 2. The Labute approximate surface area is 151 Å². The summed E-state index contributed by atoms with van der Waals surface area (Å²) in [5.74, 6) is 0.991. The Balaban J connectivity index is 1.70. The molecule has 6 heteroatoms. The summed E-state index contributed by atoms with van der Waals surface area (Å²) in [6.07, 6.45) is 0. The summed E-state index contributed by atoms with van der Waals surface area (Å²) in [6.45, 7) is 3.87. The molecule has 1 aromatic heterocycles. The number of H-pyrrole nitrogens is 1. The van der Waals surface area contributed by atoms with Crippen LogP contribution < -0.4 is 10.1 Å². The fourth-order valence-corrected chi connectivity index (χ4v) is 2.71. The molecule has 0 aliphatic carbocycles. The second-order valence-corrected chi connectivity index (χ2v) is 6.33. The van der Waals surface area contributed by atoms with E-state index in [1.54, 1.807) is 24.3 Å². The molecule has 0 saturated carbocycles. The normalized spacial score (nSPS) is 11.9. The number of nitrogens with zero attached hydrogens (tertiary/aromatic N) is 2. The highest BCUT2D eigenvalue weighted by atomic mass is 16.5. The summed E-state index contributed by atoms with van der Waals surface area (Å²) in [7, 11) is 0. The highest BCUT2D eigenvalue weighted by Crippen LogP contribution is 2.22. The number of rotatable bonds is 6. The third-order valence-electron chi connectivity index (χ3n) is 4.05. The van der Waals surface area contributed by atoms with Crippen LogP contribution in [0.15, 0.2) is 48.5 Å². The van der Waals surface area contributed by atoms with Crippen LogP contribution in [0.4, 0.5) is 0 Å². The molecular formula is C20H20N4O2. The number of nitriles is 1. The van der Waals surface area contributed by atoms with Crippen LogP contribution in [0.5, 0.6) is 5.75 Å². The molecule has 1 unspecified atom stereocenters. The van der Waals surface area contributed by atoms with E-state index in [0.29, 0.717) is 17.1 Å². The number of amides is 1. The van der Waals surface area contributed by atoms with Crippen LogP contribution in [0, 0.1) is 17.2 Å². The molecule has 3 aromatic rings. The number of hydrogen-bond donors (Lipinski definition) is 2. The van der Waals surface area contributed by atoms with Crippen molar-refractivity contribution in [1.29, 1.82) is 5.26 Å². The maximum Gasteiger partial charge on any atom is 0.258 e. The molecule has 0 aliphatic rings. The molecule has 1 amide bonds. The molecule has 0 aliphatic heterocycles. The number of benzene rings is 2. The van der Waals surface area contributed by atoms with Crippen LogP contribution in [0.1, 0.15) is 31.3 Å². The number of imidazole rings is 1. The Morgan fingerprint density at radius 1 is 1.23 bits per heavy atom. The summed E-state index contributed by atoms with van der Waals surface area (Å²) in [5, 5.41) is 12.0. The predicted octanol–water partition coefficient (Wildman–Crippen LogP) is 3.33. The second kappa shape index (κ2) is 7.70. The summed E-state index contributed by atoms with van der Waals surface area (Å²) < 4.78 is 5.50. The molecule has 0 saturated heterocycles. The Morgan fingerprint density at radius 2 is 1.96 bits per heavy atom. The van der Waals surface area contributed by atoms with Gasteiger partial charge in [0.05, 0.1) is 22.6 Å². The number of aromatic amines is 1. The summed E-state index contributed by atoms with van der Waals surface area (Å²) in [4.78, 5) is 20.2. The smallest absolute Gasteiger partial charge is 0.258 e. The first-order valence-corrected chi connectivity index (χ1v) is 8.44. The highest BCUT2D eigenvalue weighted by Gasteiger charge is 2.22. The Bertz CT molecular complexity index is 923. The zero-order chi connectivity index (χ0) is 18.5. The Morgan fingerprint density at radius 3 is 2.69 bits per heavy atom. The van der Waals surface area contributed by atoms with Crippen molar-refractivity contribution >= 4 is 16.9 Å². The lowest BCUT2D eigenvalue weighted by Gasteiger charge is -2.20. The number of fused-ring (bicyclic) bond motifs is 1. The van der Waals surface area contributed by atoms with Gasteiger partial charge in [-0.3, -0.25) is 4.79 Å². The number of hydrogen-bond acceptors (Lipinski definition) is 4. The van der Waals surface area contributed by atoms with Gasteiger partial charge in [0.15, 0.2) is 6.61 Å². The third-order valence-corrected chi connectivity index (χ3v) is 4.05. The van der Waals surface area contributed by atoms with E-state index in [-0.39, 0.29) is 24.5 Å². The van der Waals surface area contributed by atoms with Crippen LogP contribution >= 0.6 is 0 Å². The molecule has 2 N–H and O–H groups in total. The van der Waals surface area contributed by atoms with E-state index in [4.69, 9.17) is 10.00 Å². The van der Waals surface area contributed by atoms with Crippen molar-refractivity contribution in [2.24, 2.45) is 5.92 Å². The molecule has 1 atom stereocenters. The van der Waals surface area contributed by atoms with Crippen LogP contribution in [-0.2, 0) is 4.79 Å². The van der Waals surface area contributed by atoms with Gasteiger partial charge in [-0.05, 0) is 30.2 Å². The fourth-order valence-electron chi connectivity index (χ4n) is 2.71. The highest BCUT2D eigenvalue weighted by molar-refractivity contribution is 5.79. The maximum absolute atomic E-state index is 12.4. The van der Waals surface area contributed by atoms with E-state index in [2.05, 4.69) is 15.3 Å². The van der Waals surface area contributed by atoms with Crippen LogP contribution in [0.3, 0.4) is 0 Å². The minimum Gasteiger partial charge on any atom is -0.482 e. The number of carbonyl (C=O) groups is 1. The zero-order valence-electron chi connectivity index (χ0n) is 14.7. The first-order valence-electron chi connectivity index (χ1n) is 8.44. The third kappa shape index (κ3) is 3.83. The lowest BCUT2D eigenvalue weighted by atomic mass is 10.0. The lowest BCUT2D eigenvalue weighted by molar-refractivity contribution is -0.124. The molecule has 0 radical (unpaired) electrons. The van der Waals surface area contributed by atoms with E-state index in [0.717, 1.165) is 11.0 Å². The Kier molecular flexibility index (Phi) is 5.18. The van der Waals surface area contributed by atoms with Gasteiger partial charge in [0.2, 0.25) is 0 Å². The van der Waals surface area contributed by atoms with Gasteiger partial charge in [0, 0.05) is 0 Å².